The van der Waals surface area contributed by atoms with Crippen LogP contribution in [0.3, 0.4) is 0 Å². The van der Waals surface area contributed by atoms with E-state index in [4.69, 9.17) is 9.47 Å². The first-order valence-electron chi connectivity index (χ1n) is 13.5. The van der Waals surface area contributed by atoms with Crippen LogP contribution < -0.4 is 20.9 Å². The summed E-state index contributed by atoms with van der Waals surface area (Å²) < 4.78 is 37.9. The zero-order valence-electron chi connectivity index (χ0n) is 23.6. The second-order valence-electron chi connectivity index (χ2n) is 9.89. The van der Waals surface area contributed by atoms with Crippen molar-refractivity contribution in [1.82, 2.24) is 20.9 Å². The molecule has 0 saturated carbocycles. The minimum Gasteiger partial charge on any atom is -0.466 e. The van der Waals surface area contributed by atoms with Crippen LogP contribution in [0.4, 0.5) is 29.7 Å². The fourth-order valence-electron chi connectivity index (χ4n) is 5.22. The van der Waals surface area contributed by atoms with Gasteiger partial charge in [-0.3, -0.25) is 10.1 Å². The summed E-state index contributed by atoms with van der Waals surface area (Å²) in [6.45, 7) is 1.42. The van der Waals surface area contributed by atoms with Crippen LogP contribution in [0.25, 0.3) is 0 Å². The second kappa shape index (κ2) is 14.0. The lowest BCUT2D eigenvalue weighted by molar-refractivity contribution is -0.384. The molecule has 0 aliphatic carbocycles. The van der Waals surface area contributed by atoms with Crippen molar-refractivity contribution in [3.8, 4) is 0 Å². The van der Waals surface area contributed by atoms with E-state index >= 15 is 0 Å². The highest BCUT2D eigenvalue weighted by Crippen LogP contribution is 2.35. The first-order chi connectivity index (χ1) is 20.7. The Morgan fingerprint density at radius 3 is 2.47 bits per heavy atom. The quantitative estimate of drug-likeness (QED) is 0.161. The van der Waals surface area contributed by atoms with Gasteiger partial charge in [-0.1, -0.05) is 18.2 Å². The number of halogens is 2. The molecule has 2 aromatic carbocycles. The molecule has 0 spiro atoms. The highest BCUT2D eigenvalue weighted by atomic mass is 19.2. The molecule has 3 N–H and O–H groups in total. The number of carbonyl (C=O) groups is 3. The molecule has 4 rings (SSSR count). The zero-order valence-corrected chi connectivity index (χ0v) is 23.6. The number of hydrogen-bond donors (Lipinski definition) is 3. The molecule has 2 heterocycles. The van der Waals surface area contributed by atoms with Crippen LogP contribution >= 0.6 is 0 Å². The number of nitro benzene ring substituents is 1. The highest BCUT2D eigenvalue weighted by molar-refractivity contribution is 6.01. The van der Waals surface area contributed by atoms with Gasteiger partial charge in [-0.05, 0) is 36.6 Å². The van der Waals surface area contributed by atoms with E-state index in [0.717, 1.165) is 19.2 Å². The van der Waals surface area contributed by atoms with Gasteiger partial charge in [0, 0.05) is 45.4 Å². The number of imide groups is 1. The number of benzene rings is 2. The molecule has 0 radical (unpaired) electrons. The summed E-state index contributed by atoms with van der Waals surface area (Å²) in [5.74, 6) is -3.26. The Hall–Kier alpha value is -4.63. The van der Waals surface area contributed by atoms with E-state index in [1.165, 1.54) is 19.2 Å². The molecule has 15 heteroatoms. The summed E-state index contributed by atoms with van der Waals surface area (Å²) in [4.78, 5) is 52.8. The van der Waals surface area contributed by atoms with Crippen molar-refractivity contribution < 1.29 is 37.6 Å². The molecule has 2 aromatic rings. The summed E-state index contributed by atoms with van der Waals surface area (Å²) in [6.07, 6.45) is 1.42. The van der Waals surface area contributed by atoms with Crippen LogP contribution in [0, 0.1) is 21.7 Å². The standard InChI is InChI=1S/C28H32F2N6O7/c1-42-16-21-24(26(37)43-2)25(17-7-8-19(29)20(30)15-17)35(28(39)33-21)27(38)32-12-11-31-18-9-13-34(14-10-18)22-5-3-4-6-23(22)36(40)41/h3-8,15,18,25,31H,9-14,16H2,1-2H3,(H,32,38)(H,33,39)/t25-/m0/s1. The van der Waals surface area contributed by atoms with E-state index in [9.17, 15) is 33.3 Å². The lowest BCUT2D eigenvalue weighted by atomic mass is 9.93. The van der Waals surface area contributed by atoms with Gasteiger partial charge < -0.3 is 30.3 Å². The average Bonchev–Trinajstić information content (AvgIpc) is 3.00. The monoisotopic (exact) mass is 602 g/mol. The number of urea groups is 2. The van der Waals surface area contributed by atoms with Gasteiger partial charge in [0.25, 0.3) is 5.69 Å². The Morgan fingerprint density at radius 2 is 1.81 bits per heavy atom. The summed E-state index contributed by atoms with van der Waals surface area (Å²) in [6, 6.07) is 6.30. The van der Waals surface area contributed by atoms with Crippen LogP contribution in [0.15, 0.2) is 53.7 Å². The van der Waals surface area contributed by atoms with E-state index in [1.54, 1.807) is 18.2 Å². The number of rotatable bonds is 10. The van der Waals surface area contributed by atoms with Gasteiger partial charge in [-0.2, -0.15) is 0 Å². The van der Waals surface area contributed by atoms with Gasteiger partial charge in [-0.15, -0.1) is 0 Å². The number of ether oxygens (including phenoxy) is 2. The van der Waals surface area contributed by atoms with Crippen LogP contribution in [0.5, 0.6) is 0 Å². The van der Waals surface area contributed by atoms with Crippen molar-refractivity contribution in [2.24, 2.45) is 0 Å². The zero-order chi connectivity index (χ0) is 31.1. The van der Waals surface area contributed by atoms with Crippen molar-refractivity contribution in [2.45, 2.75) is 24.9 Å². The predicted octanol–water partition coefficient (Wildman–Crippen LogP) is 2.98. The number of anilines is 1. The maximum atomic E-state index is 14.2. The van der Waals surface area contributed by atoms with E-state index in [1.807, 2.05) is 4.90 Å². The molecular formula is C28H32F2N6O7. The van der Waals surface area contributed by atoms with Crippen LogP contribution in [-0.4, -0.2) is 80.9 Å². The number of amides is 4. The van der Waals surface area contributed by atoms with Crippen molar-refractivity contribution >= 4 is 29.4 Å². The van der Waals surface area contributed by atoms with Gasteiger partial charge in [0.1, 0.15) is 11.7 Å². The molecule has 1 fully saturated rings. The number of carbonyl (C=O) groups excluding carboxylic acids is 3. The van der Waals surface area contributed by atoms with Gasteiger partial charge in [0.2, 0.25) is 0 Å². The number of nitro groups is 1. The topological polar surface area (TPSA) is 155 Å². The second-order valence-corrected chi connectivity index (χ2v) is 9.89. The largest absolute Gasteiger partial charge is 0.466 e. The van der Waals surface area contributed by atoms with Crippen molar-refractivity contribution in [2.75, 3.05) is 51.9 Å². The predicted molar refractivity (Wildman–Crippen MR) is 150 cm³/mol. The van der Waals surface area contributed by atoms with Crippen LogP contribution in [-0.2, 0) is 14.3 Å². The Kier molecular flexibility index (Phi) is 10.2. The number of esters is 1. The Bertz CT molecular complexity index is 1410. The first kappa shape index (κ1) is 31.3. The molecule has 0 aromatic heterocycles. The third-order valence-corrected chi connectivity index (χ3v) is 7.25. The summed E-state index contributed by atoms with van der Waals surface area (Å²) >= 11 is 0. The Balaban J connectivity index is 1.41. The number of hydrogen-bond acceptors (Lipinski definition) is 9. The Labute approximate surface area is 245 Å². The highest BCUT2D eigenvalue weighted by Gasteiger charge is 2.43. The molecule has 43 heavy (non-hydrogen) atoms. The Morgan fingerprint density at radius 1 is 1.09 bits per heavy atom. The van der Waals surface area contributed by atoms with E-state index in [2.05, 4.69) is 16.0 Å². The van der Waals surface area contributed by atoms with Gasteiger partial charge >= 0.3 is 18.0 Å². The van der Waals surface area contributed by atoms with Gasteiger partial charge in [0.05, 0.1) is 29.9 Å². The maximum Gasteiger partial charge on any atom is 0.338 e. The van der Waals surface area contributed by atoms with E-state index in [0.29, 0.717) is 43.1 Å². The van der Waals surface area contributed by atoms with Crippen molar-refractivity contribution in [1.29, 1.82) is 0 Å². The molecule has 13 nitrogen and oxygen atoms in total. The molecule has 1 saturated heterocycles. The minimum atomic E-state index is -1.43. The molecule has 0 unspecified atom stereocenters. The molecule has 4 amide bonds. The molecule has 2 aliphatic rings. The molecular weight excluding hydrogens is 570 g/mol. The lowest BCUT2D eigenvalue weighted by Gasteiger charge is -2.37. The molecule has 230 valence electrons. The fourth-order valence-corrected chi connectivity index (χ4v) is 5.22. The summed E-state index contributed by atoms with van der Waals surface area (Å²) in [5, 5.41) is 19.8. The smallest absolute Gasteiger partial charge is 0.338 e. The fraction of sp³-hybridized carbons (Fsp3) is 0.393. The van der Waals surface area contributed by atoms with Crippen molar-refractivity contribution in [3.05, 3.63) is 81.0 Å². The van der Waals surface area contributed by atoms with E-state index < -0.39 is 40.6 Å². The number of nitrogens with one attached hydrogen (secondary N) is 3. The van der Waals surface area contributed by atoms with Crippen LogP contribution in [0.2, 0.25) is 0 Å². The summed E-state index contributed by atoms with van der Waals surface area (Å²) in [5.41, 5.74) is 0.448. The molecule has 2 aliphatic heterocycles. The first-order valence-corrected chi connectivity index (χ1v) is 13.5. The average molecular weight is 603 g/mol. The normalized spacial score (nSPS) is 17.5. The van der Waals surface area contributed by atoms with Gasteiger partial charge in [0.15, 0.2) is 11.6 Å². The van der Waals surface area contributed by atoms with Crippen LogP contribution in [0.1, 0.15) is 24.4 Å². The molecule has 1 atom stereocenters. The minimum absolute atomic E-state index is 0.0203. The number of piperidine rings is 1. The van der Waals surface area contributed by atoms with E-state index in [-0.39, 0.29) is 41.7 Å². The molecule has 0 bridgehead atoms. The number of nitrogens with zero attached hydrogens (tertiary/aromatic N) is 3. The lowest BCUT2D eigenvalue weighted by Crippen LogP contribution is -2.56. The third kappa shape index (κ3) is 7.06. The SMILES string of the molecule is COCC1=C(C(=O)OC)[C@H](c2ccc(F)c(F)c2)N(C(=O)NCCNC2CCN(c3ccccc3[N+](=O)[O-])CC2)C(=O)N1. The van der Waals surface area contributed by atoms with Gasteiger partial charge in [-0.25, -0.2) is 28.1 Å². The number of para-hydroxylation sites is 2. The third-order valence-electron chi connectivity index (χ3n) is 7.25. The van der Waals surface area contributed by atoms with Crippen molar-refractivity contribution in [3.63, 3.8) is 0 Å². The number of methoxy groups -OCH3 is 2. The maximum absolute atomic E-state index is 14.2. The summed E-state index contributed by atoms with van der Waals surface area (Å²) in [7, 11) is 2.45.